The third-order valence-corrected chi connectivity index (χ3v) is 2.59. The molecule has 1 aromatic rings. The predicted molar refractivity (Wildman–Crippen MR) is 70.7 cm³/mol. The lowest BCUT2D eigenvalue weighted by molar-refractivity contribution is -0.132. The highest BCUT2D eigenvalue weighted by atomic mass is 16.6. The van der Waals surface area contributed by atoms with Gasteiger partial charge in [0.1, 0.15) is 0 Å². The molecule has 1 aromatic carbocycles. The molecule has 0 saturated heterocycles. The molecular weight excluding hydrogens is 230 g/mol. The van der Waals surface area contributed by atoms with Gasteiger partial charge in [-0.25, -0.2) is 0 Å². The van der Waals surface area contributed by atoms with Gasteiger partial charge >= 0.3 is 5.97 Å². The molecule has 0 fully saturated rings. The minimum absolute atomic E-state index is 0.0368. The smallest absolute Gasteiger partial charge is 0.308 e. The number of esters is 1. The van der Waals surface area contributed by atoms with E-state index in [-0.39, 0.29) is 12.0 Å². The van der Waals surface area contributed by atoms with Crippen molar-refractivity contribution >= 4 is 5.97 Å². The summed E-state index contributed by atoms with van der Waals surface area (Å²) >= 11 is 0. The van der Waals surface area contributed by atoms with Gasteiger partial charge in [-0.3, -0.25) is 4.79 Å². The van der Waals surface area contributed by atoms with E-state index in [1.54, 1.807) is 13.2 Å². The second-order valence-corrected chi connectivity index (χ2v) is 4.74. The number of nitrogens with two attached hydrogens (primary N) is 1. The van der Waals surface area contributed by atoms with Gasteiger partial charge in [0.05, 0.1) is 7.11 Å². The number of methoxy groups -OCH3 is 1. The minimum Gasteiger partial charge on any atom is -0.493 e. The molecular formula is C14H21NO3. The number of hydrogen-bond donors (Lipinski definition) is 1. The van der Waals surface area contributed by atoms with Gasteiger partial charge < -0.3 is 15.2 Å². The van der Waals surface area contributed by atoms with E-state index in [0.717, 1.165) is 12.0 Å². The Kier molecular flexibility index (Phi) is 5.16. The summed E-state index contributed by atoms with van der Waals surface area (Å²) in [6, 6.07) is 5.37. The maximum Gasteiger partial charge on any atom is 0.308 e. The number of carbonyl (C=O) groups excluding carboxylic acids is 1. The van der Waals surface area contributed by atoms with Crippen molar-refractivity contribution in [2.75, 3.05) is 7.11 Å². The average Bonchev–Trinajstić information content (AvgIpc) is 2.27. The summed E-state index contributed by atoms with van der Waals surface area (Å²) in [5, 5.41) is 0. The number of hydrogen-bond acceptors (Lipinski definition) is 4. The second-order valence-electron chi connectivity index (χ2n) is 4.74. The van der Waals surface area contributed by atoms with Crippen molar-refractivity contribution in [3.8, 4) is 11.5 Å². The van der Waals surface area contributed by atoms with Gasteiger partial charge in [0.25, 0.3) is 0 Å². The van der Waals surface area contributed by atoms with E-state index in [2.05, 4.69) is 13.8 Å². The van der Waals surface area contributed by atoms with E-state index < -0.39 is 0 Å². The van der Waals surface area contributed by atoms with E-state index in [0.29, 0.717) is 17.4 Å². The molecule has 2 N–H and O–H groups in total. The van der Waals surface area contributed by atoms with Crippen LogP contribution in [0.4, 0.5) is 0 Å². The third kappa shape index (κ3) is 4.04. The molecule has 0 saturated carbocycles. The predicted octanol–water partition coefficient (Wildman–Crippen LogP) is 2.67. The molecule has 0 radical (unpaired) electrons. The third-order valence-electron chi connectivity index (χ3n) is 2.59. The highest BCUT2D eigenvalue weighted by molar-refractivity contribution is 5.70. The molecule has 4 heteroatoms. The van der Waals surface area contributed by atoms with Gasteiger partial charge in [-0.05, 0) is 30.0 Å². The Morgan fingerprint density at radius 3 is 2.50 bits per heavy atom. The van der Waals surface area contributed by atoms with Crippen LogP contribution in [0.3, 0.4) is 0 Å². The fourth-order valence-electron chi connectivity index (χ4n) is 1.80. The first kappa shape index (κ1) is 14.5. The Hall–Kier alpha value is -1.55. The van der Waals surface area contributed by atoms with Crippen LogP contribution in [0.25, 0.3) is 0 Å². The molecule has 0 aliphatic carbocycles. The topological polar surface area (TPSA) is 61.6 Å². The summed E-state index contributed by atoms with van der Waals surface area (Å²) in [6.45, 7) is 5.62. The van der Waals surface area contributed by atoms with Gasteiger partial charge in [-0.15, -0.1) is 0 Å². The maximum atomic E-state index is 10.9. The normalized spacial score (nSPS) is 12.3. The van der Waals surface area contributed by atoms with Crippen LogP contribution in [0, 0.1) is 5.92 Å². The van der Waals surface area contributed by atoms with E-state index in [9.17, 15) is 4.79 Å². The van der Waals surface area contributed by atoms with E-state index in [1.165, 1.54) is 6.92 Å². The standard InChI is InChI=1S/C14H21NO3/c1-9(2)7-12(15)11-5-6-13(18-10(3)16)14(8-11)17-4/h5-6,8-9,12H,7,15H2,1-4H3/t12-/m0/s1. The molecule has 0 spiro atoms. The first-order valence-electron chi connectivity index (χ1n) is 6.06. The Labute approximate surface area is 108 Å². The maximum absolute atomic E-state index is 10.9. The molecule has 0 unspecified atom stereocenters. The largest absolute Gasteiger partial charge is 0.493 e. The first-order chi connectivity index (χ1) is 8.43. The molecule has 18 heavy (non-hydrogen) atoms. The highest BCUT2D eigenvalue weighted by Crippen LogP contribution is 2.31. The number of carbonyl (C=O) groups is 1. The lowest BCUT2D eigenvalue weighted by Gasteiger charge is -2.16. The Morgan fingerprint density at radius 1 is 1.33 bits per heavy atom. The van der Waals surface area contributed by atoms with Gasteiger partial charge in [0.15, 0.2) is 11.5 Å². The van der Waals surface area contributed by atoms with Crippen molar-refractivity contribution in [3.63, 3.8) is 0 Å². The van der Waals surface area contributed by atoms with Crippen molar-refractivity contribution in [1.29, 1.82) is 0 Å². The Balaban J connectivity index is 2.94. The first-order valence-corrected chi connectivity index (χ1v) is 6.06. The lowest BCUT2D eigenvalue weighted by atomic mass is 9.97. The molecule has 1 rings (SSSR count). The van der Waals surface area contributed by atoms with Gasteiger partial charge in [0.2, 0.25) is 0 Å². The number of ether oxygens (including phenoxy) is 2. The quantitative estimate of drug-likeness (QED) is 0.645. The van der Waals surface area contributed by atoms with Crippen LogP contribution < -0.4 is 15.2 Å². The van der Waals surface area contributed by atoms with Crippen molar-refractivity contribution in [2.24, 2.45) is 11.7 Å². The summed E-state index contributed by atoms with van der Waals surface area (Å²) in [5.74, 6) is 1.11. The molecule has 100 valence electrons. The van der Waals surface area contributed by atoms with Crippen LogP contribution >= 0.6 is 0 Å². The molecule has 0 aliphatic rings. The zero-order valence-corrected chi connectivity index (χ0v) is 11.4. The number of benzene rings is 1. The molecule has 0 aliphatic heterocycles. The van der Waals surface area contributed by atoms with Crippen molar-refractivity contribution in [1.82, 2.24) is 0 Å². The summed E-state index contributed by atoms with van der Waals surface area (Å²) in [6.07, 6.45) is 0.899. The van der Waals surface area contributed by atoms with Crippen molar-refractivity contribution in [3.05, 3.63) is 23.8 Å². The van der Waals surface area contributed by atoms with Crippen molar-refractivity contribution in [2.45, 2.75) is 33.2 Å². The Bertz CT molecular complexity index is 416. The summed E-state index contributed by atoms with van der Waals surface area (Å²) in [4.78, 5) is 10.9. The van der Waals surface area contributed by atoms with Crippen LogP contribution in [-0.2, 0) is 4.79 Å². The summed E-state index contributed by atoms with van der Waals surface area (Å²) in [5.41, 5.74) is 7.09. The van der Waals surface area contributed by atoms with Gasteiger partial charge in [-0.1, -0.05) is 19.9 Å². The van der Waals surface area contributed by atoms with Crippen LogP contribution in [0.5, 0.6) is 11.5 Å². The SMILES string of the molecule is COc1cc([C@@H](N)CC(C)C)ccc1OC(C)=O. The zero-order chi connectivity index (χ0) is 13.7. The molecule has 0 heterocycles. The fourth-order valence-corrected chi connectivity index (χ4v) is 1.80. The van der Waals surface area contributed by atoms with E-state index in [4.69, 9.17) is 15.2 Å². The molecule has 1 atom stereocenters. The molecule has 0 bridgehead atoms. The minimum atomic E-state index is -0.368. The average molecular weight is 251 g/mol. The molecule has 4 nitrogen and oxygen atoms in total. The van der Waals surface area contributed by atoms with Crippen LogP contribution in [-0.4, -0.2) is 13.1 Å². The zero-order valence-electron chi connectivity index (χ0n) is 11.4. The molecule has 0 aromatic heterocycles. The monoisotopic (exact) mass is 251 g/mol. The van der Waals surface area contributed by atoms with E-state index in [1.807, 2.05) is 12.1 Å². The molecule has 0 amide bonds. The van der Waals surface area contributed by atoms with Crippen molar-refractivity contribution < 1.29 is 14.3 Å². The second kappa shape index (κ2) is 6.40. The summed E-state index contributed by atoms with van der Waals surface area (Å²) in [7, 11) is 1.54. The van der Waals surface area contributed by atoms with Gasteiger partial charge in [0, 0.05) is 13.0 Å². The summed E-state index contributed by atoms with van der Waals surface area (Å²) < 4.78 is 10.3. The Morgan fingerprint density at radius 2 is 2.00 bits per heavy atom. The van der Waals surface area contributed by atoms with E-state index >= 15 is 0 Å². The number of rotatable bonds is 5. The van der Waals surface area contributed by atoms with Gasteiger partial charge in [-0.2, -0.15) is 0 Å². The van der Waals surface area contributed by atoms with Crippen LogP contribution in [0.15, 0.2) is 18.2 Å². The van der Waals surface area contributed by atoms with Crippen LogP contribution in [0.1, 0.15) is 38.8 Å². The highest BCUT2D eigenvalue weighted by Gasteiger charge is 2.13. The lowest BCUT2D eigenvalue weighted by Crippen LogP contribution is -2.13. The van der Waals surface area contributed by atoms with Crippen LogP contribution in [0.2, 0.25) is 0 Å². The fraction of sp³-hybridized carbons (Fsp3) is 0.500.